The maximum atomic E-state index is 13.8. The van der Waals surface area contributed by atoms with E-state index in [0.29, 0.717) is 44.3 Å². The van der Waals surface area contributed by atoms with Crippen LogP contribution >= 0.6 is 11.6 Å². The quantitative estimate of drug-likeness (QED) is 0.169. The Kier molecular flexibility index (Phi) is 10.1. The zero-order valence-corrected chi connectivity index (χ0v) is 27.8. The molecule has 2 heterocycles. The van der Waals surface area contributed by atoms with Crippen LogP contribution in [-0.4, -0.2) is 60.8 Å². The monoisotopic (exact) mass is 617 g/mol. The number of piperidine rings is 1. The van der Waals surface area contributed by atoms with E-state index in [4.69, 9.17) is 30.9 Å². The van der Waals surface area contributed by atoms with Crippen molar-refractivity contribution in [2.24, 2.45) is 0 Å². The van der Waals surface area contributed by atoms with Gasteiger partial charge in [-0.2, -0.15) is 5.10 Å². The Morgan fingerprint density at radius 2 is 1.81 bits per heavy atom. The van der Waals surface area contributed by atoms with E-state index in [1.165, 1.54) is 12.1 Å². The average Bonchev–Trinajstić information content (AvgIpc) is 3.31. The van der Waals surface area contributed by atoms with Crippen LogP contribution in [-0.2, 0) is 26.4 Å². The third kappa shape index (κ3) is 8.55. The molecular formula is C32H45ClFN3O4Si. The van der Waals surface area contributed by atoms with Gasteiger partial charge >= 0.3 is 6.09 Å². The normalized spacial score (nSPS) is 16.5. The molecule has 1 aliphatic heterocycles. The van der Waals surface area contributed by atoms with Gasteiger partial charge in [0.2, 0.25) is 0 Å². The molecule has 0 unspecified atom stereocenters. The number of rotatable bonds is 10. The van der Waals surface area contributed by atoms with Crippen molar-refractivity contribution >= 4 is 36.7 Å². The fraction of sp³-hybridized carbons (Fsp3) is 0.562. The van der Waals surface area contributed by atoms with Crippen molar-refractivity contribution in [3.8, 4) is 0 Å². The molecule has 2 aromatic carbocycles. The summed E-state index contributed by atoms with van der Waals surface area (Å²) >= 11 is 6.53. The summed E-state index contributed by atoms with van der Waals surface area (Å²) in [5.74, 6) is -0.282. The Hall–Kier alpha value is -2.46. The number of carbonyl (C=O) groups excluding carboxylic acids is 1. The number of aromatic nitrogens is 2. The van der Waals surface area contributed by atoms with Crippen LogP contribution in [0.4, 0.5) is 9.18 Å². The second kappa shape index (κ2) is 13.0. The zero-order chi connectivity index (χ0) is 30.7. The Labute approximate surface area is 255 Å². The molecule has 1 amide bonds. The molecule has 1 saturated heterocycles. The van der Waals surface area contributed by atoms with Crippen LogP contribution in [0.5, 0.6) is 0 Å². The SMILES string of the molecule is C[C@@H](OCC1(c2ccc(F)cc2)CCN(C(=O)OC(C)(C)C)CC1)c1cc(Cl)cc2cn(COCC[Si](C)(C)C)nc12. The lowest BCUT2D eigenvalue weighted by Gasteiger charge is -2.42. The summed E-state index contributed by atoms with van der Waals surface area (Å²) in [4.78, 5) is 14.5. The van der Waals surface area contributed by atoms with Gasteiger partial charge < -0.3 is 19.1 Å². The molecule has 42 heavy (non-hydrogen) atoms. The molecule has 1 aliphatic rings. The molecule has 0 bridgehead atoms. The maximum absolute atomic E-state index is 13.8. The Bertz CT molecular complexity index is 1360. The topological polar surface area (TPSA) is 65.8 Å². The molecule has 3 aromatic rings. The molecule has 230 valence electrons. The van der Waals surface area contributed by atoms with Crippen LogP contribution in [0.15, 0.2) is 42.6 Å². The van der Waals surface area contributed by atoms with Gasteiger partial charge in [0, 0.05) is 55.4 Å². The highest BCUT2D eigenvalue weighted by atomic mass is 35.5. The molecular weight excluding hydrogens is 573 g/mol. The third-order valence-electron chi connectivity index (χ3n) is 7.75. The fourth-order valence-corrected chi connectivity index (χ4v) is 6.22. The van der Waals surface area contributed by atoms with Crippen molar-refractivity contribution in [2.75, 3.05) is 26.3 Å². The molecule has 1 fully saturated rings. The molecule has 0 spiro atoms. The van der Waals surface area contributed by atoms with Gasteiger partial charge in [-0.1, -0.05) is 43.4 Å². The second-order valence-electron chi connectivity index (χ2n) is 13.7. The summed E-state index contributed by atoms with van der Waals surface area (Å²) in [6.45, 7) is 17.1. The summed E-state index contributed by atoms with van der Waals surface area (Å²) in [6.07, 6.45) is 2.67. The molecule has 10 heteroatoms. The summed E-state index contributed by atoms with van der Waals surface area (Å²) in [6, 6.07) is 11.5. The first-order valence-electron chi connectivity index (χ1n) is 14.7. The van der Waals surface area contributed by atoms with Crippen LogP contribution in [0, 0.1) is 5.82 Å². The van der Waals surface area contributed by atoms with Gasteiger partial charge in [0.1, 0.15) is 18.1 Å². The summed E-state index contributed by atoms with van der Waals surface area (Å²) in [7, 11) is -1.17. The summed E-state index contributed by atoms with van der Waals surface area (Å²) < 4.78 is 33.8. The maximum Gasteiger partial charge on any atom is 0.410 e. The lowest BCUT2D eigenvalue weighted by atomic mass is 9.73. The van der Waals surface area contributed by atoms with Gasteiger partial charge in [0.25, 0.3) is 0 Å². The standard InChI is InChI=1S/C32H45ClFN3O4Si/c1-23(28-19-26(33)18-24-20-37(35-29(24)28)22-39-16-17-42(5,6)7)40-21-32(25-8-10-27(34)11-9-25)12-14-36(15-13-32)30(38)41-31(2,3)4/h8-11,18-20,23H,12-17,21-22H2,1-7H3/t23-/m1/s1. The lowest BCUT2D eigenvalue weighted by Crippen LogP contribution is -2.48. The predicted octanol–water partition coefficient (Wildman–Crippen LogP) is 8.19. The number of fused-ring (bicyclic) bond motifs is 1. The molecule has 7 nitrogen and oxygen atoms in total. The van der Waals surface area contributed by atoms with Gasteiger partial charge in [0.15, 0.2) is 0 Å². The zero-order valence-electron chi connectivity index (χ0n) is 26.0. The van der Waals surface area contributed by atoms with Crippen molar-refractivity contribution in [3.05, 3.63) is 64.6 Å². The molecule has 1 aromatic heterocycles. The first kappa shape index (κ1) is 32.5. The lowest BCUT2D eigenvalue weighted by molar-refractivity contribution is -0.00935. The summed E-state index contributed by atoms with van der Waals surface area (Å²) in [5, 5.41) is 6.36. The van der Waals surface area contributed by atoms with Crippen molar-refractivity contribution in [3.63, 3.8) is 0 Å². The summed E-state index contributed by atoms with van der Waals surface area (Å²) in [5.41, 5.74) is 1.78. The minimum absolute atomic E-state index is 0.282. The number of hydrogen-bond donors (Lipinski definition) is 0. The minimum atomic E-state index is -1.17. The molecule has 0 radical (unpaired) electrons. The predicted molar refractivity (Wildman–Crippen MR) is 168 cm³/mol. The van der Waals surface area contributed by atoms with E-state index in [1.54, 1.807) is 4.90 Å². The number of nitrogens with zero attached hydrogens (tertiary/aromatic N) is 3. The van der Waals surface area contributed by atoms with E-state index < -0.39 is 13.7 Å². The van der Waals surface area contributed by atoms with Crippen molar-refractivity contribution in [1.29, 1.82) is 0 Å². The van der Waals surface area contributed by atoms with E-state index >= 15 is 0 Å². The molecule has 4 rings (SSSR count). The van der Waals surface area contributed by atoms with Gasteiger partial charge in [-0.25, -0.2) is 13.9 Å². The molecule has 0 aliphatic carbocycles. The first-order chi connectivity index (χ1) is 19.6. The number of likely N-dealkylation sites (tertiary alicyclic amines) is 1. The van der Waals surface area contributed by atoms with Gasteiger partial charge in [-0.05, 0) is 76.4 Å². The van der Waals surface area contributed by atoms with E-state index in [0.717, 1.165) is 34.7 Å². The van der Waals surface area contributed by atoms with Gasteiger partial charge in [-0.15, -0.1) is 0 Å². The van der Waals surface area contributed by atoms with Gasteiger partial charge in [0.05, 0.1) is 18.2 Å². The van der Waals surface area contributed by atoms with Crippen LogP contribution in [0.1, 0.15) is 57.8 Å². The Morgan fingerprint density at radius 3 is 2.43 bits per heavy atom. The molecule has 1 atom stereocenters. The van der Waals surface area contributed by atoms with Crippen LogP contribution < -0.4 is 0 Å². The smallest absolute Gasteiger partial charge is 0.410 e. The Balaban J connectivity index is 1.50. The van der Waals surface area contributed by atoms with Crippen LogP contribution in [0.2, 0.25) is 30.7 Å². The van der Waals surface area contributed by atoms with Crippen molar-refractivity contribution in [1.82, 2.24) is 14.7 Å². The highest BCUT2D eigenvalue weighted by Gasteiger charge is 2.39. The molecule has 0 saturated carbocycles. The van der Waals surface area contributed by atoms with Crippen LogP contribution in [0.25, 0.3) is 10.9 Å². The highest BCUT2D eigenvalue weighted by Crippen LogP contribution is 2.39. The van der Waals surface area contributed by atoms with Crippen molar-refractivity contribution < 1.29 is 23.4 Å². The minimum Gasteiger partial charge on any atom is -0.444 e. The Morgan fingerprint density at radius 1 is 1.14 bits per heavy atom. The largest absolute Gasteiger partial charge is 0.444 e. The molecule has 0 N–H and O–H groups in total. The fourth-order valence-electron chi connectivity index (χ4n) is 5.22. The van der Waals surface area contributed by atoms with Crippen LogP contribution in [0.3, 0.4) is 0 Å². The number of amides is 1. The van der Waals surface area contributed by atoms with Gasteiger partial charge in [-0.3, -0.25) is 0 Å². The van der Waals surface area contributed by atoms with E-state index in [-0.39, 0.29) is 23.4 Å². The second-order valence-corrected chi connectivity index (χ2v) is 19.7. The number of ether oxygens (including phenoxy) is 3. The number of hydrogen-bond acceptors (Lipinski definition) is 5. The average molecular weight is 618 g/mol. The number of benzene rings is 2. The number of carbonyl (C=O) groups is 1. The highest BCUT2D eigenvalue weighted by molar-refractivity contribution is 6.76. The third-order valence-corrected chi connectivity index (χ3v) is 9.67. The number of halogens is 2. The first-order valence-corrected chi connectivity index (χ1v) is 18.8. The van der Waals surface area contributed by atoms with E-state index in [9.17, 15) is 9.18 Å². The van der Waals surface area contributed by atoms with E-state index in [1.807, 2.05) is 62.8 Å². The van der Waals surface area contributed by atoms with E-state index in [2.05, 4.69) is 19.6 Å². The van der Waals surface area contributed by atoms with Crippen molar-refractivity contribution in [2.45, 2.75) is 90.1 Å².